The number of carbonyl (C=O) groups excluding carboxylic acids is 2. The van der Waals surface area contributed by atoms with E-state index in [1.165, 1.54) is 5.56 Å². The topological polar surface area (TPSA) is 55.4 Å². The molecule has 0 atom stereocenters. The number of imide groups is 1. The summed E-state index contributed by atoms with van der Waals surface area (Å²) in [6, 6.07) is 5.97. The number of hydrogen-bond acceptors (Lipinski definition) is 3. The Kier molecular flexibility index (Phi) is 2.35. The normalized spacial score (nSPS) is 19.8. The fourth-order valence-corrected chi connectivity index (χ4v) is 2.47. The van der Waals surface area contributed by atoms with Gasteiger partial charge < -0.3 is 4.74 Å². The standard InChI is InChI=1S/C13H13NO3/c15-12-6-10(7-13(16)14-12)8-1-2-11-9(5-8)3-4-17-11/h1-2,5,10H,3-4,6-7H2,(H,14,15,16). The lowest BCUT2D eigenvalue weighted by Crippen LogP contribution is -2.37. The van der Waals surface area contributed by atoms with Crippen molar-refractivity contribution in [1.29, 1.82) is 0 Å². The van der Waals surface area contributed by atoms with Crippen LogP contribution in [-0.2, 0) is 16.0 Å². The molecule has 1 fully saturated rings. The average molecular weight is 231 g/mol. The van der Waals surface area contributed by atoms with E-state index in [0.29, 0.717) is 12.8 Å². The molecule has 2 aliphatic heterocycles. The number of fused-ring (bicyclic) bond motifs is 1. The summed E-state index contributed by atoms with van der Waals surface area (Å²) in [5, 5.41) is 2.33. The van der Waals surface area contributed by atoms with Gasteiger partial charge in [-0.2, -0.15) is 0 Å². The molecule has 4 heteroatoms. The Morgan fingerprint density at radius 1 is 1.18 bits per heavy atom. The number of rotatable bonds is 1. The zero-order chi connectivity index (χ0) is 11.8. The summed E-state index contributed by atoms with van der Waals surface area (Å²) in [5.74, 6) is 0.591. The van der Waals surface area contributed by atoms with Crippen molar-refractivity contribution in [3.63, 3.8) is 0 Å². The van der Waals surface area contributed by atoms with Crippen molar-refractivity contribution in [2.24, 2.45) is 0 Å². The number of carbonyl (C=O) groups is 2. The molecule has 4 nitrogen and oxygen atoms in total. The van der Waals surface area contributed by atoms with Gasteiger partial charge in [-0.15, -0.1) is 0 Å². The summed E-state index contributed by atoms with van der Waals surface area (Å²) >= 11 is 0. The molecule has 0 bridgehead atoms. The first-order valence-electron chi connectivity index (χ1n) is 5.80. The zero-order valence-electron chi connectivity index (χ0n) is 9.36. The molecule has 0 spiro atoms. The second-order valence-corrected chi connectivity index (χ2v) is 4.54. The number of benzene rings is 1. The van der Waals surface area contributed by atoms with Crippen LogP contribution >= 0.6 is 0 Å². The Labute approximate surface area is 99.0 Å². The molecule has 2 amide bonds. The molecular weight excluding hydrogens is 218 g/mol. The van der Waals surface area contributed by atoms with E-state index in [1.807, 2.05) is 12.1 Å². The lowest BCUT2D eigenvalue weighted by Gasteiger charge is -2.21. The van der Waals surface area contributed by atoms with Crippen LogP contribution in [0.1, 0.15) is 29.9 Å². The van der Waals surface area contributed by atoms with Crippen LogP contribution < -0.4 is 10.1 Å². The highest BCUT2D eigenvalue weighted by molar-refractivity contribution is 5.98. The van der Waals surface area contributed by atoms with E-state index in [4.69, 9.17) is 4.74 Å². The molecule has 88 valence electrons. The summed E-state index contributed by atoms with van der Waals surface area (Å²) in [6.45, 7) is 0.725. The molecule has 1 aromatic rings. The van der Waals surface area contributed by atoms with Gasteiger partial charge in [-0.3, -0.25) is 14.9 Å². The number of piperidine rings is 1. The zero-order valence-corrected chi connectivity index (χ0v) is 9.36. The molecule has 0 aromatic heterocycles. The Morgan fingerprint density at radius 2 is 1.94 bits per heavy atom. The minimum atomic E-state index is -0.178. The molecule has 0 saturated carbocycles. The van der Waals surface area contributed by atoms with Gasteiger partial charge >= 0.3 is 0 Å². The van der Waals surface area contributed by atoms with Gasteiger partial charge in [-0.1, -0.05) is 12.1 Å². The van der Waals surface area contributed by atoms with Crippen LogP contribution in [0.2, 0.25) is 0 Å². The lowest BCUT2D eigenvalue weighted by molar-refractivity contribution is -0.133. The number of amides is 2. The fourth-order valence-electron chi connectivity index (χ4n) is 2.47. The van der Waals surface area contributed by atoms with Crippen LogP contribution in [0.3, 0.4) is 0 Å². The fraction of sp³-hybridized carbons (Fsp3) is 0.385. The van der Waals surface area contributed by atoms with Crippen LogP contribution in [0.15, 0.2) is 18.2 Å². The first-order chi connectivity index (χ1) is 8.22. The quantitative estimate of drug-likeness (QED) is 0.737. The summed E-state index contributed by atoms with van der Waals surface area (Å²) in [4.78, 5) is 22.7. The monoisotopic (exact) mass is 231 g/mol. The molecule has 1 N–H and O–H groups in total. The van der Waals surface area contributed by atoms with Gasteiger partial charge in [0.05, 0.1) is 6.61 Å². The van der Waals surface area contributed by atoms with E-state index in [9.17, 15) is 9.59 Å². The van der Waals surface area contributed by atoms with E-state index < -0.39 is 0 Å². The van der Waals surface area contributed by atoms with E-state index in [1.54, 1.807) is 0 Å². The van der Waals surface area contributed by atoms with Gasteiger partial charge in [0.2, 0.25) is 11.8 Å². The number of nitrogens with one attached hydrogen (secondary N) is 1. The number of hydrogen-bond donors (Lipinski definition) is 1. The van der Waals surface area contributed by atoms with Crippen molar-refractivity contribution in [1.82, 2.24) is 5.32 Å². The van der Waals surface area contributed by atoms with Gasteiger partial charge in [0.15, 0.2) is 0 Å². The maximum atomic E-state index is 11.3. The molecule has 1 aromatic carbocycles. The molecule has 0 unspecified atom stereocenters. The molecule has 1 saturated heterocycles. The maximum Gasteiger partial charge on any atom is 0.227 e. The Morgan fingerprint density at radius 3 is 2.71 bits per heavy atom. The van der Waals surface area contributed by atoms with Crippen LogP contribution in [-0.4, -0.2) is 18.4 Å². The van der Waals surface area contributed by atoms with Crippen LogP contribution in [0.5, 0.6) is 5.75 Å². The first-order valence-corrected chi connectivity index (χ1v) is 5.80. The van der Waals surface area contributed by atoms with Gasteiger partial charge in [0.1, 0.15) is 5.75 Å². The molecule has 17 heavy (non-hydrogen) atoms. The molecule has 3 rings (SSSR count). The second-order valence-electron chi connectivity index (χ2n) is 4.54. The number of ether oxygens (including phenoxy) is 1. The second kappa shape index (κ2) is 3.87. The minimum Gasteiger partial charge on any atom is -0.493 e. The van der Waals surface area contributed by atoms with Gasteiger partial charge in [0, 0.05) is 25.2 Å². The van der Waals surface area contributed by atoms with Crippen LogP contribution in [0.4, 0.5) is 0 Å². The van der Waals surface area contributed by atoms with Crippen molar-refractivity contribution >= 4 is 11.8 Å². The van der Waals surface area contributed by atoms with Gasteiger partial charge in [-0.25, -0.2) is 0 Å². The van der Waals surface area contributed by atoms with E-state index in [2.05, 4.69) is 11.4 Å². The minimum absolute atomic E-state index is 0.0159. The molecule has 2 aliphatic rings. The highest BCUT2D eigenvalue weighted by atomic mass is 16.5. The maximum absolute atomic E-state index is 11.3. The van der Waals surface area contributed by atoms with Crippen LogP contribution in [0.25, 0.3) is 0 Å². The highest BCUT2D eigenvalue weighted by Gasteiger charge is 2.27. The predicted molar refractivity (Wildman–Crippen MR) is 60.8 cm³/mol. The van der Waals surface area contributed by atoms with Crippen molar-refractivity contribution in [3.05, 3.63) is 29.3 Å². The van der Waals surface area contributed by atoms with Crippen molar-refractivity contribution in [3.8, 4) is 5.75 Å². The first kappa shape index (κ1) is 10.3. The molecule has 0 aliphatic carbocycles. The predicted octanol–water partition coefficient (Wildman–Crippen LogP) is 1.14. The van der Waals surface area contributed by atoms with Crippen molar-refractivity contribution in [2.45, 2.75) is 25.2 Å². The van der Waals surface area contributed by atoms with Crippen molar-refractivity contribution in [2.75, 3.05) is 6.61 Å². The third-order valence-corrected chi connectivity index (χ3v) is 3.33. The Hall–Kier alpha value is -1.84. The SMILES string of the molecule is O=C1CC(c2ccc3c(c2)CCO3)CC(=O)N1. The summed E-state index contributed by atoms with van der Waals surface area (Å²) in [6.07, 6.45) is 1.70. The van der Waals surface area contributed by atoms with Gasteiger partial charge in [0.25, 0.3) is 0 Å². The molecule has 2 heterocycles. The summed E-state index contributed by atoms with van der Waals surface area (Å²) in [5.41, 5.74) is 2.25. The third-order valence-electron chi connectivity index (χ3n) is 3.33. The highest BCUT2D eigenvalue weighted by Crippen LogP contribution is 2.32. The van der Waals surface area contributed by atoms with E-state index in [0.717, 1.165) is 24.3 Å². The molecule has 0 radical (unpaired) electrons. The largest absolute Gasteiger partial charge is 0.493 e. The molecular formula is C13H13NO3. The van der Waals surface area contributed by atoms with Crippen LogP contribution in [0, 0.1) is 0 Å². The van der Waals surface area contributed by atoms with E-state index in [-0.39, 0.29) is 17.7 Å². The Bertz CT molecular complexity index is 479. The Balaban J connectivity index is 1.88. The average Bonchev–Trinajstić information content (AvgIpc) is 2.74. The van der Waals surface area contributed by atoms with Crippen molar-refractivity contribution < 1.29 is 14.3 Å². The van der Waals surface area contributed by atoms with E-state index >= 15 is 0 Å². The summed E-state index contributed by atoms with van der Waals surface area (Å²) in [7, 11) is 0. The smallest absolute Gasteiger partial charge is 0.227 e. The third kappa shape index (κ3) is 1.90. The summed E-state index contributed by atoms with van der Waals surface area (Å²) < 4.78 is 5.44. The van der Waals surface area contributed by atoms with Gasteiger partial charge in [-0.05, 0) is 17.2 Å². The lowest BCUT2D eigenvalue weighted by atomic mass is 9.88.